The molecular weight excluding hydrogens is 362 g/mol. The second-order valence-corrected chi connectivity index (χ2v) is 7.07. The van der Waals surface area contributed by atoms with Crippen molar-refractivity contribution >= 4 is 22.5 Å². The van der Waals surface area contributed by atoms with Gasteiger partial charge in [0, 0.05) is 5.02 Å². The predicted octanol–water partition coefficient (Wildman–Crippen LogP) is 3.47. The number of benzene rings is 2. The van der Waals surface area contributed by atoms with Gasteiger partial charge in [-0.05, 0) is 55.8 Å². The summed E-state index contributed by atoms with van der Waals surface area (Å²) in [5.74, 6) is 1.47. The Morgan fingerprint density at radius 2 is 1.96 bits per heavy atom. The van der Waals surface area contributed by atoms with Crippen LogP contribution in [0.1, 0.15) is 38.6 Å². The minimum Gasteiger partial charge on any atom is -0.497 e. The molecule has 142 valence electrons. The minimum absolute atomic E-state index is 0.0368. The third-order valence-corrected chi connectivity index (χ3v) is 4.91. The molecule has 1 aromatic heterocycles. The number of fused-ring (bicyclic) bond motifs is 1. The minimum atomic E-state index is -0.0902. The number of rotatable bonds is 7. The zero-order valence-corrected chi connectivity index (χ0v) is 16.7. The average molecular weight is 387 g/mol. The molecule has 0 saturated heterocycles. The van der Waals surface area contributed by atoms with E-state index in [0.29, 0.717) is 15.9 Å². The standard InChI is InChI=1S/C21H24ClN3O2/c1-4-5-12-23-14(2)20-24-19-13-15(22)6-11-18(19)21(26)25(20)16-7-9-17(27-3)10-8-16/h6-11,13-14,23H,4-5,12H2,1-3H3/p+1/t14-/m1/s1. The number of nitrogens with zero attached hydrogens (tertiary/aromatic N) is 2. The molecular formula is C21H25ClN3O2+. The molecule has 5 nitrogen and oxygen atoms in total. The van der Waals surface area contributed by atoms with Crippen molar-refractivity contribution in [2.24, 2.45) is 0 Å². The summed E-state index contributed by atoms with van der Waals surface area (Å²) >= 11 is 6.12. The van der Waals surface area contributed by atoms with Crippen LogP contribution in [0.4, 0.5) is 0 Å². The van der Waals surface area contributed by atoms with Crippen molar-refractivity contribution in [3.05, 3.63) is 63.7 Å². The predicted molar refractivity (Wildman–Crippen MR) is 109 cm³/mol. The number of unbranched alkanes of at least 4 members (excludes halogenated alkanes) is 1. The summed E-state index contributed by atoms with van der Waals surface area (Å²) in [5, 5.41) is 3.35. The number of hydrogen-bond acceptors (Lipinski definition) is 3. The highest BCUT2D eigenvalue weighted by Crippen LogP contribution is 2.21. The molecule has 3 aromatic rings. The van der Waals surface area contributed by atoms with E-state index in [0.717, 1.165) is 36.6 Å². The van der Waals surface area contributed by atoms with Crippen LogP contribution in [0.15, 0.2) is 47.3 Å². The van der Waals surface area contributed by atoms with Crippen LogP contribution in [-0.2, 0) is 0 Å². The fraction of sp³-hybridized carbons (Fsp3) is 0.333. The van der Waals surface area contributed by atoms with E-state index in [9.17, 15) is 4.79 Å². The highest BCUT2D eigenvalue weighted by Gasteiger charge is 2.20. The van der Waals surface area contributed by atoms with Gasteiger partial charge >= 0.3 is 0 Å². The molecule has 3 rings (SSSR count). The van der Waals surface area contributed by atoms with Crippen molar-refractivity contribution in [1.29, 1.82) is 0 Å². The molecule has 1 atom stereocenters. The normalized spacial score (nSPS) is 12.3. The Kier molecular flexibility index (Phi) is 6.14. The maximum Gasteiger partial charge on any atom is 0.266 e. The van der Waals surface area contributed by atoms with Gasteiger partial charge in [-0.15, -0.1) is 0 Å². The van der Waals surface area contributed by atoms with Crippen LogP contribution in [0.25, 0.3) is 16.6 Å². The molecule has 2 aromatic carbocycles. The largest absolute Gasteiger partial charge is 0.497 e. The smallest absolute Gasteiger partial charge is 0.266 e. The Hall–Kier alpha value is -2.37. The number of nitrogens with two attached hydrogens (primary N) is 1. The van der Waals surface area contributed by atoms with Gasteiger partial charge in [0.2, 0.25) is 0 Å². The van der Waals surface area contributed by atoms with Crippen LogP contribution in [0.2, 0.25) is 5.02 Å². The van der Waals surface area contributed by atoms with Crippen LogP contribution < -0.4 is 15.6 Å². The molecule has 0 spiro atoms. The number of methoxy groups -OCH3 is 1. The highest BCUT2D eigenvalue weighted by molar-refractivity contribution is 6.31. The van der Waals surface area contributed by atoms with Crippen LogP contribution in [0.5, 0.6) is 5.75 Å². The zero-order chi connectivity index (χ0) is 19.4. The average Bonchev–Trinajstić information content (AvgIpc) is 2.68. The summed E-state index contributed by atoms with van der Waals surface area (Å²) < 4.78 is 6.94. The molecule has 0 aliphatic carbocycles. The Bertz CT molecular complexity index is 983. The lowest BCUT2D eigenvalue weighted by Crippen LogP contribution is -2.85. The van der Waals surface area contributed by atoms with Gasteiger partial charge in [0.15, 0.2) is 5.82 Å². The SMILES string of the molecule is CCCC[NH2+][C@H](C)c1nc2cc(Cl)ccc2c(=O)n1-c1ccc(OC)cc1. The lowest BCUT2D eigenvalue weighted by atomic mass is 10.2. The van der Waals surface area contributed by atoms with Crippen LogP contribution in [-0.4, -0.2) is 23.2 Å². The van der Waals surface area contributed by atoms with E-state index in [-0.39, 0.29) is 11.6 Å². The first-order chi connectivity index (χ1) is 13.0. The number of halogens is 1. The van der Waals surface area contributed by atoms with Gasteiger partial charge in [-0.2, -0.15) is 0 Å². The Labute approximate surface area is 164 Å². The summed E-state index contributed by atoms with van der Waals surface area (Å²) in [7, 11) is 1.62. The maximum atomic E-state index is 13.3. The Morgan fingerprint density at radius 1 is 1.22 bits per heavy atom. The van der Waals surface area contributed by atoms with E-state index >= 15 is 0 Å². The van der Waals surface area contributed by atoms with Crippen molar-refractivity contribution in [3.63, 3.8) is 0 Å². The lowest BCUT2D eigenvalue weighted by Gasteiger charge is -2.18. The number of ether oxygens (including phenoxy) is 1. The summed E-state index contributed by atoms with van der Waals surface area (Å²) in [6, 6.07) is 12.7. The number of quaternary nitrogens is 1. The quantitative estimate of drug-likeness (QED) is 0.632. The van der Waals surface area contributed by atoms with Gasteiger partial charge in [-0.25, -0.2) is 4.98 Å². The monoisotopic (exact) mass is 386 g/mol. The molecule has 2 N–H and O–H groups in total. The van der Waals surface area contributed by atoms with Crippen molar-refractivity contribution in [1.82, 2.24) is 9.55 Å². The molecule has 0 fully saturated rings. The van der Waals surface area contributed by atoms with E-state index in [4.69, 9.17) is 21.3 Å². The number of aromatic nitrogens is 2. The molecule has 0 unspecified atom stereocenters. The van der Waals surface area contributed by atoms with Gasteiger partial charge in [0.05, 0.1) is 30.2 Å². The lowest BCUT2D eigenvalue weighted by molar-refractivity contribution is -0.694. The van der Waals surface area contributed by atoms with E-state index in [2.05, 4.69) is 19.2 Å². The second kappa shape index (κ2) is 8.55. The first-order valence-electron chi connectivity index (χ1n) is 9.25. The molecule has 0 aliphatic rings. The van der Waals surface area contributed by atoms with Crippen LogP contribution in [0, 0.1) is 0 Å². The van der Waals surface area contributed by atoms with Crippen molar-refractivity contribution in [2.45, 2.75) is 32.7 Å². The van der Waals surface area contributed by atoms with Gasteiger partial charge in [-0.3, -0.25) is 9.36 Å². The molecule has 0 bridgehead atoms. The zero-order valence-electron chi connectivity index (χ0n) is 15.9. The van der Waals surface area contributed by atoms with Crippen molar-refractivity contribution < 1.29 is 10.1 Å². The molecule has 27 heavy (non-hydrogen) atoms. The second-order valence-electron chi connectivity index (χ2n) is 6.64. The Morgan fingerprint density at radius 3 is 2.63 bits per heavy atom. The molecule has 0 radical (unpaired) electrons. The van der Waals surface area contributed by atoms with Crippen LogP contribution in [0.3, 0.4) is 0 Å². The topological polar surface area (TPSA) is 60.7 Å². The molecule has 0 amide bonds. The summed E-state index contributed by atoms with van der Waals surface area (Å²) in [5.41, 5.74) is 1.31. The van der Waals surface area contributed by atoms with Gasteiger partial charge in [0.25, 0.3) is 5.56 Å². The first kappa shape index (κ1) is 19.4. The van der Waals surface area contributed by atoms with Gasteiger partial charge < -0.3 is 10.1 Å². The van der Waals surface area contributed by atoms with E-state index in [1.54, 1.807) is 29.9 Å². The third-order valence-electron chi connectivity index (χ3n) is 4.67. The van der Waals surface area contributed by atoms with E-state index < -0.39 is 0 Å². The molecule has 6 heteroatoms. The molecule has 1 heterocycles. The Balaban J connectivity index is 2.18. The third kappa shape index (κ3) is 4.15. The fourth-order valence-corrected chi connectivity index (χ4v) is 3.31. The van der Waals surface area contributed by atoms with Crippen molar-refractivity contribution in [3.8, 4) is 11.4 Å². The van der Waals surface area contributed by atoms with Gasteiger partial charge in [-0.1, -0.05) is 24.9 Å². The van der Waals surface area contributed by atoms with Crippen molar-refractivity contribution in [2.75, 3.05) is 13.7 Å². The van der Waals surface area contributed by atoms with E-state index in [1.807, 2.05) is 24.3 Å². The van der Waals surface area contributed by atoms with Gasteiger partial charge in [0.1, 0.15) is 11.8 Å². The highest BCUT2D eigenvalue weighted by atomic mass is 35.5. The molecule has 0 aliphatic heterocycles. The van der Waals surface area contributed by atoms with E-state index in [1.165, 1.54) is 0 Å². The first-order valence-corrected chi connectivity index (χ1v) is 9.63. The van der Waals surface area contributed by atoms with Crippen LogP contribution >= 0.6 is 11.6 Å². The maximum absolute atomic E-state index is 13.3. The fourth-order valence-electron chi connectivity index (χ4n) is 3.14. The summed E-state index contributed by atoms with van der Waals surface area (Å²) in [6.45, 7) is 5.24. The molecule has 0 saturated carbocycles. The summed E-state index contributed by atoms with van der Waals surface area (Å²) in [4.78, 5) is 18.1. The summed E-state index contributed by atoms with van der Waals surface area (Å²) in [6.07, 6.45) is 2.26. The number of hydrogen-bond donors (Lipinski definition) is 1.